The molecule has 2 heterocycles. The minimum atomic E-state index is -0.837. The van der Waals surface area contributed by atoms with Crippen LogP contribution in [-0.4, -0.2) is 59.6 Å². The Morgan fingerprint density at radius 3 is 2.27 bits per heavy atom. The van der Waals surface area contributed by atoms with Gasteiger partial charge in [-0.1, -0.05) is 18.2 Å². The molecular formula is C21H20N4O7S. The van der Waals surface area contributed by atoms with Gasteiger partial charge in [-0.05, 0) is 31.5 Å². The van der Waals surface area contributed by atoms with Crippen molar-refractivity contribution < 1.29 is 33.4 Å². The summed E-state index contributed by atoms with van der Waals surface area (Å²) in [6.45, 7) is 2.47. The number of benzene rings is 1. The molecule has 11 nitrogen and oxygen atoms in total. The van der Waals surface area contributed by atoms with E-state index in [0.717, 1.165) is 11.3 Å². The number of anilines is 1. The molecule has 2 aromatic heterocycles. The van der Waals surface area contributed by atoms with Crippen molar-refractivity contribution in [1.82, 2.24) is 15.0 Å². The number of nitrogens with zero attached hydrogens (tertiary/aromatic N) is 3. The van der Waals surface area contributed by atoms with Gasteiger partial charge in [0.1, 0.15) is 9.88 Å². The summed E-state index contributed by atoms with van der Waals surface area (Å²) < 4.78 is 14.5. The molecule has 3 aromatic rings. The highest BCUT2D eigenvalue weighted by Gasteiger charge is 2.27. The van der Waals surface area contributed by atoms with Crippen LogP contribution in [0.25, 0.3) is 5.69 Å². The van der Waals surface area contributed by atoms with Crippen molar-refractivity contribution in [2.24, 2.45) is 0 Å². The lowest BCUT2D eigenvalue weighted by Crippen LogP contribution is -2.22. The van der Waals surface area contributed by atoms with Crippen LogP contribution in [0.15, 0.2) is 30.3 Å². The molecule has 12 heteroatoms. The van der Waals surface area contributed by atoms with Gasteiger partial charge in [0.25, 0.3) is 5.91 Å². The van der Waals surface area contributed by atoms with Crippen LogP contribution < -0.4 is 5.32 Å². The van der Waals surface area contributed by atoms with E-state index in [4.69, 9.17) is 14.2 Å². The summed E-state index contributed by atoms with van der Waals surface area (Å²) >= 11 is 0.851. The monoisotopic (exact) mass is 472 g/mol. The third kappa shape index (κ3) is 5.06. The van der Waals surface area contributed by atoms with E-state index in [1.165, 1.54) is 25.9 Å². The summed E-state index contributed by atoms with van der Waals surface area (Å²) in [6, 6.07) is 8.98. The van der Waals surface area contributed by atoms with Crippen molar-refractivity contribution in [3.63, 3.8) is 0 Å². The first-order chi connectivity index (χ1) is 15.8. The van der Waals surface area contributed by atoms with E-state index in [0.29, 0.717) is 16.9 Å². The fraction of sp³-hybridized carbons (Fsp3) is 0.238. The van der Waals surface area contributed by atoms with E-state index in [-0.39, 0.29) is 21.1 Å². The molecule has 0 radical (unpaired) electrons. The van der Waals surface area contributed by atoms with Crippen molar-refractivity contribution in [1.29, 1.82) is 0 Å². The van der Waals surface area contributed by atoms with E-state index in [2.05, 4.69) is 15.5 Å². The molecule has 0 atom stereocenters. The number of rotatable bonds is 7. The van der Waals surface area contributed by atoms with E-state index in [1.807, 2.05) is 6.07 Å². The molecule has 0 fully saturated rings. The average molecular weight is 472 g/mol. The smallest absolute Gasteiger partial charge is 0.361 e. The summed E-state index contributed by atoms with van der Waals surface area (Å²) in [6.07, 6.45) is 0. The molecule has 3 rings (SSSR count). The predicted molar refractivity (Wildman–Crippen MR) is 117 cm³/mol. The highest BCUT2D eigenvalue weighted by Crippen LogP contribution is 2.34. The summed E-state index contributed by atoms with van der Waals surface area (Å²) in [4.78, 5) is 50.3. The Morgan fingerprint density at radius 2 is 1.64 bits per heavy atom. The van der Waals surface area contributed by atoms with Crippen molar-refractivity contribution in [3.05, 3.63) is 57.7 Å². The lowest BCUT2D eigenvalue weighted by molar-refractivity contribution is -0.119. The molecule has 0 aliphatic carbocycles. The molecule has 0 aliphatic heterocycles. The van der Waals surface area contributed by atoms with Gasteiger partial charge in [0.15, 0.2) is 12.3 Å². The van der Waals surface area contributed by atoms with Gasteiger partial charge in [-0.25, -0.2) is 14.4 Å². The van der Waals surface area contributed by atoms with Crippen LogP contribution in [0.5, 0.6) is 0 Å². The topological polar surface area (TPSA) is 139 Å². The lowest BCUT2D eigenvalue weighted by Gasteiger charge is -2.06. The van der Waals surface area contributed by atoms with Crippen molar-refractivity contribution in [2.45, 2.75) is 13.8 Å². The van der Waals surface area contributed by atoms with E-state index >= 15 is 0 Å². The molecule has 33 heavy (non-hydrogen) atoms. The number of amides is 1. The molecule has 172 valence electrons. The summed E-state index contributed by atoms with van der Waals surface area (Å²) in [5.74, 6) is -2.96. The first kappa shape index (κ1) is 23.6. The SMILES string of the molecule is COC(=O)c1sc(NC(=O)COC(=O)c2nn(-c3ccccc3)nc2C)c(C(=O)OC)c1C. The number of hydrogen-bond acceptors (Lipinski definition) is 10. The summed E-state index contributed by atoms with van der Waals surface area (Å²) in [7, 11) is 2.38. The van der Waals surface area contributed by atoms with Crippen molar-refractivity contribution >= 4 is 40.2 Å². The zero-order valence-corrected chi connectivity index (χ0v) is 19.0. The summed E-state index contributed by atoms with van der Waals surface area (Å²) in [5.41, 5.74) is 1.27. The molecule has 0 spiro atoms. The largest absolute Gasteiger partial charge is 0.465 e. The molecular weight excluding hydrogens is 452 g/mol. The molecule has 1 amide bonds. The number of esters is 3. The number of para-hydroxylation sites is 1. The minimum Gasteiger partial charge on any atom is -0.465 e. The highest BCUT2D eigenvalue weighted by atomic mass is 32.1. The molecule has 1 aromatic carbocycles. The van der Waals surface area contributed by atoms with Crippen LogP contribution >= 0.6 is 11.3 Å². The molecule has 0 aliphatic rings. The zero-order chi connectivity index (χ0) is 24.1. The zero-order valence-electron chi connectivity index (χ0n) is 18.2. The van der Waals surface area contributed by atoms with Gasteiger partial charge in [0.05, 0.1) is 31.2 Å². The summed E-state index contributed by atoms with van der Waals surface area (Å²) in [5, 5.41) is 10.9. The van der Waals surface area contributed by atoms with E-state index in [9.17, 15) is 19.2 Å². The second-order valence-electron chi connectivity index (χ2n) is 6.63. The number of thiophene rings is 1. The van der Waals surface area contributed by atoms with Gasteiger partial charge in [0, 0.05) is 0 Å². The quantitative estimate of drug-likeness (QED) is 0.405. The van der Waals surface area contributed by atoms with Gasteiger partial charge in [-0.2, -0.15) is 9.90 Å². The molecule has 0 saturated carbocycles. The first-order valence-electron chi connectivity index (χ1n) is 9.53. The van der Waals surface area contributed by atoms with Gasteiger partial charge < -0.3 is 19.5 Å². The van der Waals surface area contributed by atoms with Crippen LogP contribution in [0.1, 0.15) is 41.8 Å². The Balaban J connectivity index is 1.71. The standard InChI is InChI=1S/C21H20N4O7S/c1-11-15(19(27)30-3)18(33-17(11)21(29)31-4)22-14(26)10-32-20(28)16-12(2)23-25(24-16)13-8-6-5-7-9-13/h5-9H,10H2,1-4H3,(H,22,26). The van der Waals surface area contributed by atoms with Crippen molar-refractivity contribution in [3.8, 4) is 5.69 Å². The Bertz CT molecular complexity index is 1220. The van der Waals surface area contributed by atoms with Crippen LogP contribution in [0.4, 0.5) is 5.00 Å². The molecule has 0 unspecified atom stereocenters. The van der Waals surface area contributed by atoms with E-state index < -0.39 is 30.4 Å². The van der Waals surface area contributed by atoms with Crippen LogP contribution in [-0.2, 0) is 19.0 Å². The minimum absolute atomic E-state index is 0.0178. The Hall–Kier alpha value is -4.06. The number of methoxy groups -OCH3 is 2. The number of carbonyl (C=O) groups excluding carboxylic acids is 4. The normalized spacial score (nSPS) is 10.4. The van der Waals surface area contributed by atoms with Crippen LogP contribution in [0, 0.1) is 13.8 Å². The van der Waals surface area contributed by atoms with Gasteiger partial charge in [-0.15, -0.1) is 16.4 Å². The fourth-order valence-electron chi connectivity index (χ4n) is 2.84. The van der Waals surface area contributed by atoms with Crippen LogP contribution in [0.2, 0.25) is 0 Å². The van der Waals surface area contributed by atoms with E-state index in [1.54, 1.807) is 31.2 Å². The number of hydrogen-bond donors (Lipinski definition) is 1. The number of nitrogens with one attached hydrogen (secondary N) is 1. The fourth-order valence-corrected chi connectivity index (χ4v) is 3.97. The maximum absolute atomic E-state index is 12.4. The van der Waals surface area contributed by atoms with Gasteiger partial charge >= 0.3 is 17.9 Å². The van der Waals surface area contributed by atoms with Crippen molar-refractivity contribution in [2.75, 3.05) is 26.1 Å². The average Bonchev–Trinajstić information content (AvgIpc) is 3.36. The number of carbonyl (C=O) groups is 4. The Kier molecular flexibility index (Phi) is 7.18. The van der Waals surface area contributed by atoms with Gasteiger partial charge in [-0.3, -0.25) is 4.79 Å². The maximum Gasteiger partial charge on any atom is 0.361 e. The molecule has 0 bridgehead atoms. The highest BCUT2D eigenvalue weighted by molar-refractivity contribution is 7.18. The third-order valence-electron chi connectivity index (χ3n) is 4.46. The maximum atomic E-state index is 12.4. The second-order valence-corrected chi connectivity index (χ2v) is 7.65. The number of ether oxygens (including phenoxy) is 3. The molecule has 0 saturated heterocycles. The predicted octanol–water partition coefficient (Wildman–Crippen LogP) is 2.31. The Morgan fingerprint density at radius 1 is 0.970 bits per heavy atom. The number of aromatic nitrogens is 3. The second kappa shape index (κ2) is 10.0. The lowest BCUT2D eigenvalue weighted by atomic mass is 10.1. The van der Waals surface area contributed by atoms with Gasteiger partial charge in [0.2, 0.25) is 0 Å². The Labute approximate surface area is 192 Å². The molecule has 1 N–H and O–H groups in total. The van der Waals surface area contributed by atoms with Crippen LogP contribution in [0.3, 0.4) is 0 Å². The first-order valence-corrected chi connectivity index (χ1v) is 10.3. The number of aryl methyl sites for hydroxylation is 1. The third-order valence-corrected chi connectivity index (χ3v) is 5.64.